The summed E-state index contributed by atoms with van der Waals surface area (Å²) >= 11 is 1.32. The number of anilines is 1. The molecule has 0 bridgehead atoms. The number of piperidine rings is 1. The first kappa shape index (κ1) is 18.9. The SMILES string of the molecule is O=C(NCCc1ccc2c(c1)OCO2)[C@H]1CCCCN1c1nc(-n2ccnc2)ns1. The third-order valence-electron chi connectivity index (χ3n) is 5.34. The Hall–Kier alpha value is -3.14. The minimum absolute atomic E-state index is 0.0369. The van der Waals surface area contributed by atoms with Gasteiger partial charge in [-0.25, -0.2) is 4.98 Å². The van der Waals surface area contributed by atoms with Crippen LogP contribution >= 0.6 is 11.5 Å². The van der Waals surface area contributed by atoms with E-state index in [4.69, 9.17) is 9.47 Å². The predicted molar refractivity (Wildman–Crippen MR) is 111 cm³/mol. The Balaban J connectivity index is 1.21. The molecule has 1 atom stereocenters. The van der Waals surface area contributed by atoms with Crippen LogP contribution in [0.4, 0.5) is 5.13 Å². The maximum absolute atomic E-state index is 12.9. The molecule has 156 valence electrons. The second kappa shape index (κ2) is 8.31. The number of hydrogen-bond acceptors (Lipinski definition) is 8. The average molecular weight is 427 g/mol. The zero-order valence-electron chi connectivity index (χ0n) is 16.4. The van der Waals surface area contributed by atoms with Crippen LogP contribution in [0.1, 0.15) is 24.8 Å². The fourth-order valence-electron chi connectivity index (χ4n) is 3.78. The van der Waals surface area contributed by atoms with E-state index >= 15 is 0 Å². The van der Waals surface area contributed by atoms with E-state index in [1.807, 2.05) is 24.4 Å². The molecule has 0 spiro atoms. The van der Waals surface area contributed by atoms with Crippen LogP contribution < -0.4 is 19.7 Å². The standard InChI is InChI=1S/C20H22N6O3S/c27-18(22-7-6-14-4-5-16-17(11-14)29-13-28-16)15-3-1-2-9-26(15)20-23-19(24-30-20)25-10-8-21-12-25/h4-5,8,10-12,15H,1-3,6-7,9,13H2,(H,22,27)/t15-/m1/s1. The lowest BCUT2D eigenvalue weighted by Gasteiger charge is -2.34. The number of amides is 1. The van der Waals surface area contributed by atoms with Gasteiger partial charge in [-0.1, -0.05) is 6.07 Å². The van der Waals surface area contributed by atoms with Crippen LogP contribution in [0, 0.1) is 0 Å². The molecule has 2 aliphatic heterocycles. The lowest BCUT2D eigenvalue weighted by atomic mass is 10.0. The molecule has 1 aromatic carbocycles. The summed E-state index contributed by atoms with van der Waals surface area (Å²) < 4.78 is 16.9. The highest BCUT2D eigenvalue weighted by Gasteiger charge is 2.31. The van der Waals surface area contributed by atoms with Crippen molar-refractivity contribution in [1.82, 2.24) is 24.2 Å². The Morgan fingerprint density at radius 1 is 1.27 bits per heavy atom. The molecule has 2 aromatic heterocycles. The van der Waals surface area contributed by atoms with E-state index in [0.717, 1.165) is 54.4 Å². The van der Waals surface area contributed by atoms with Crippen molar-refractivity contribution >= 4 is 22.6 Å². The maximum atomic E-state index is 12.9. The quantitative estimate of drug-likeness (QED) is 0.645. The molecule has 4 heterocycles. The van der Waals surface area contributed by atoms with Gasteiger partial charge in [-0.2, -0.15) is 9.36 Å². The van der Waals surface area contributed by atoms with Gasteiger partial charge in [-0.15, -0.1) is 0 Å². The van der Waals surface area contributed by atoms with Crippen molar-refractivity contribution < 1.29 is 14.3 Å². The lowest BCUT2D eigenvalue weighted by Crippen LogP contribution is -2.50. The van der Waals surface area contributed by atoms with E-state index in [1.165, 1.54) is 11.5 Å². The topological polar surface area (TPSA) is 94.4 Å². The predicted octanol–water partition coefficient (Wildman–Crippen LogP) is 2.17. The molecule has 2 aliphatic rings. The number of nitrogens with one attached hydrogen (secondary N) is 1. The highest BCUT2D eigenvalue weighted by atomic mass is 32.1. The van der Waals surface area contributed by atoms with E-state index in [0.29, 0.717) is 12.5 Å². The molecule has 3 aromatic rings. The van der Waals surface area contributed by atoms with Gasteiger partial charge >= 0.3 is 0 Å². The molecule has 1 N–H and O–H groups in total. The number of benzene rings is 1. The fraction of sp³-hybridized carbons (Fsp3) is 0.400. The zero-order valence-corrected chi connectivity index (χ0v) is 17.2. The van der Waals surface area contributed by atoms with Gasteiger partial charge in [-0.05, 0) is 43.4 Å². The first-order valence-electron chi connectivity index (χ1n) is 10.0. The summed E-state index contributed by atoms with van der Waals surface area (Å²) in [7, 11) is 0. The van der Waals surface area contributed by atoms with Gasteiger partial charge < -0.3 is 19.7 Å². The van der Waals surface area contributed by atoms with Crippen molar-refractivity contribution in [3.05, 3.63) is 42.5 Å². The summed E-state index contributed by atoms with van der Waals surface area (Å²) in [5.74, 6) is 2.16. The second-order valence-corrected chi connectivity index (χ2v) is 8.01. The number of nitrogens with zero attached hydrogens (tertiary/aromatic N) is 5. The van der Waals surface area contributed by atoms with Crippen LogP contribution in [-0.2, 0) is 11.2 Å². The molecule has 10 heteroatoms. The number of aromatic nitrogens is 4. The average Bonchev–Trinajstić information content (AvgIpc) is 3.54. The van der Waals surface area contributed by atoms with Gasteiger partial charge in [0.25, 0.3) is 0 Å². The summed E-state index contributed by atoms with van der Waals surface area (Å²) in [4.78, 5) is 23.7. The van der Waals surface area contributed by atoms with E-state index in [9.17, 15) is 4.79 Å². The van der Waals surface area contributed by atoms with Gasteiger partial charge in [0.15, 0.2) is 11.5 Å². The Morgan fingerprint density at radius 3 is 3.10 bits per heavy atom. The van der Waals surface area contributed by atoms with E-state index in [1.54, 1.807) is 17.1 Å². The Kier molecular flexibility index (Phi) is 5.22. The van der Waals surface area contributed by atoms with Gasteiger partial charge in [0.1, 0.15) is 12.4 Å². The molecule has 0 saturated carbocycles. The van der Waals surface area contributed by atoms with Gasteiger partial charge in [0.2, 0.25) is 23.8 Å². The van der Waals surface area contributed by atoms with Gasteiger partial charge in [0.05, 0.1) is 0 Å². The number of hydrogen-bond donors (Lipinski definition) is 1. The second-order valence-electron chi connectivity index (χ2n) is 7.28. The summed E-state index contributed by atoms with van der Waals surface area (Å²) in [6.07, 6.45) is 8.79. The molecular weight excluding hydrogens is 404 g/mol. The summed E-state index contributed by atoms with van der Waals surface area (Å²) in [5, 5.41) is 3.86. The van der Waals surface area contributed by atoms with Crippen LogP contribution in [0.25, 0.3) is 5.95 Å². The first-order chi connectivity index (χ1) is 14.8. The van der Waals surface area contributed by atoms with Gasteiger partial charge in [0, 0.05) is 37.0 Å². The molecule has 1 amide bonds. The Labute approximate surface area is 177 Å². The molecule has 0 radical (unpaired) electrons. The number of carbonyl (C=O) groups excluding carboxylic acids is 1. The Bertz CT molecular complexity index is 1020. The molecule has 9 nitrogen and oxygen atoms in total. The molecule has 30 heavy (non-hydrogen) atoms. The van der Waals surface area contributed by atoms with Crippen molar-refractivity contribution in [2.45, 2.75) is 31.7 Å². The minimum atomic E-state index is -0.223. The van der Waals surface area contributed by atoms with Crippen molar-refractivity contribution in [2.75, 3.05) is 24.8 Å². The largest absolute Gasteiger partial charge is 0.454 e. The number of imidazole rings is 1. The number of ether oxygens (including phenoxy) is 2. The summed E-state index contributed by atoms with van der Waals surface area (Å²) in [6, 6.07) is 5.67. The van der Waals surface area contributed by atoms with E-state index in [2.05, 4.69) is 24.6 Å². The Morgan fingerprint density at radius 2 is 2.20 bits per heavy atom. The number of carbonyl (C=O) groups is 1. The third-order valence-corrected chi connectivity index (χ3v) is 6.08. The monoisotopic (exact) mass is 426 g/mol. The smallest absolute Gasteiger partial charge is 0.248 e. The van der Waals surface area contributed by atoms with Crippen LogP contribution in [-0.4, -0.2) is 50.7 Å². The molecule has 0 aliphatic carbocycles. The molecule has 1 fully saturated rings. The van der Waals surface area contributed by atoms with Crippen LogP contribution in [0.15, 0.2) is 36.9 Å². The van der Waals surface area contributed by atoms with Crippen LogP contribution in [0.5, 0.6) is 11.5 Å². The molecule has 5 rings (SSSR count). The molecule has 0 unspecified atom stereocenters. The fourth-order valence-corrected chi connectivity index (χ4v) is 4.53. The third kappa shape index (κ3) is 3.82. The number of rotatable bonds is 6. The highest BCUT2D eigenvalue weighted by Crippen LogP contribution is 2.32. The minimum Gasteiger partial charge on any atom is -0.454 e. The summed E-state index contributed by atoms with van der Waals surface area (Å²) in [6.45, 7) is 1.64. The van der Waals surface area contributed by atoms with Crippen LogP contribution in [0.2, 0.25) is 0 Å². The van der Waals surface area contributed by atoms with Crippen molar-refractivity contribution in [2.24, 2.45) is 0 Å². The maximum Gasteiger partial charge on any atom is 0.248 e. The number of fused-ring (bicyclic) bond motifs is 1. The van der Waals surface area contributed by atoms with Crippen molar-refractivity contribution in [1.29, 1.82) is 0 Å². The van der Waals surface area contributed by atoms with Gasteiger partial charge in [-0.3, -0.25) is 9.36 Å². The highest BCUT2D eigenvalue weighted by molar-refractivity contribution is 7.09. The normalized spacial score (nSPS) is 17.9. The van der Waals surface area contributed by atoms with Crippen molar-refractivity contribution in [3.8, 4) is 17.4 Å². The van der Waals surface area contributed by atoms with Crippen LogP contribution in [0.3, 0.4) is 0 Å². The zero-order chi connectivity index (χ0) is 20.3. The van der Waals surface area contributed by atoms with E-state index < -0.39 is 0 Å². The van der Waals surface area contributed by atoms with Crippen molar-refractivity contribution in [3.63, 3.8) is 0 Å². The van der Waals surface area contributed by atoms with E-state index in [-0.39, 0.29) is 18.7 Å². The lowest BCUT2D eigenvalue weighted by molar-refractivity contribution is -0.122. The summed E-state index contributed by atoms with van der Waals surface area (Å²) in [5.41, 5.74) is 1.11. The molecule has 1 saturated heterocycles. The first-order valence-corrected chi connectivity index (χ1v) is 10.8. The molecular formula is C20H22N6O3S.